The van der Waals surface area contributed by atoms with Gasteiger partial charge in [0.15, 0.2) is 6.10 Å². The number of aliphatic hydroxyl groups is 1. The molecular weight excluding hydrogens is 235 g/mol. The average Bonchev–Trinajstić information content (AvgIpc) is 2.59. The van der Waals surface area contributed by atoms with Crippen LogP contribution in [0.2, 0.25) is 0 Å². The van der Waals surface area contributed by atoms with Crippen molar-refractivity contribution in [3.05, 3.63) is 17.7 Å². The molecule has 7 heteroatoms. The van der Waals surface area contributed by atoms with Crippen LogP contribution in [0.25, 0.3) is 0 Å². The molecule has 2 atom stereocenters. The van der Waals surface area contributed by atoms with Crippen LogP contribution in [0.15, 0.2) is 6.20 Å². The minimum atomic E-state index is -4.62. The molecule has 1 unspecified atom stereocenters. The second kappa shape index (κ2) is 5.05. The lowest BCUT2D eigenvalue weighted by atomic mass is 10.3. The van der Waals surface area contributed by atoms with Gasteiger partial charge in [0.2, 0.25) is 0 Å². The molecule has 0 saturated carbocycles. The van der Waals surface area contributed by atoms with Crippen molar-refractivity contribution in [1.29, 1.82) is 0 Å². The molecule has 0 spiro atoms. The van der Waals surface area contributed by atoms with Crippen molar-refractivity contribution >= 4 is 0 Å². The second-order valence-corrected chi connectivity index (χ2v) is 3.93. The summed E-state index contributed by atoms with van der Waals surface area (Å²) in [5, 5.41) is 9.00. The number of nitrogens with two attached hydrogens (primary N) is 1. The number of nitrogens with zero attached hydrogens (tertiary/aromatic N) is 2. The first-order chi connectivity index (χ1) is 7.75. The number of hydrogen-bond acceptors (Lipinski definition) is 3. The third-order valence-electron chi connectivity index (χ3n) is 2.41. The van der Waals surface area contributed by atoms with Gasteiger partial charge in [-0.05, 0) is 6.92 Å². The van der Waals surface area contributed by atoms with Crippen LogP contribution in [0.1, 0.15) is 31.4 Å². The topological polar surface area (TPSA) is 64.1 Å². The van der Waals surface area contributed by atoms with Gasteiger partial charge in [0.05, 0.1) is 12.2 Å². The fourth-order valence-electron chi connectivity index (χ4n) is 1.43. The van der Waals surface area contributed by atoms with E-state index in [1.165, 1.54) is 10.8 Å². The van der Waals surface area contributed by atoms with Gasteiger partial charge in [0.1, 0.15) is 5.82 Å². The maximum atomic E-state index is 12.2. The maximum absolute atomic E-state index is 12.2. The molecule has 98 valence electrons. The monoisotopic (exact) mass is 251 g/mol. The number of alkyl halides is 3. The average molecular weight is 251 g/mol. The highest BCUT2D eigenvalue weighted by atomic mass is 19.4. The number of aryl methyl sites for hydroxylation is 1. The molecule has 1 heterocycles. The Bertz CT molecular complexity index is 373. The first-order valence-corrected chi connectivity index (χ1v) is 5.32. The van der Waals surface area contributed by atoms with Crippen molar-refractivity contribution in [1.82, 2.24) is 9.55 Å². The molecule has 1 aromatic heterocycles. The van der Waals surface area contributed by atoms with E-state index >= 15 is 0 Å². The van der Waals surface area contributed by atoms with E-state index in [2.05, 4.69) is 4.98 Å². The van der Waals surface area contributed by atoms with Crippen LogP contribution in [0.5, 0.6) is 0 Å². The summed E-state index contributed by atoms with van der Waals surface area (Å²) < 4.78 is 38.0. The lowest BCUT2D eigenvalue weighted by Gasteiger charge is -2.16. The van der Waals surface area contributed by atoms with E-state index in [9.17, 15) is 13.2 Å². The van der Waals surface area contributed by atoms with E-state index in [1.54, 1.807) is 13.8 Å². The first kappa shape index (κ1) is 14.0. The minimum absolute atomic E-state index is 0.343. The first-order valence-electron chi connectivity index (χ1n) is 5.32. The summed E-state index contributed by atoms with van der Waals surface area (Å²) in [5.41, 5.74) is 6.13. The summed E-state index contributed by atoms with van der Waals surface area (Å²) in [4.78, 5) is 4.12. The van der Waals surface area contributed by atoms with Crippen LogP contribution < -0.4 is 5.73 Å². The van der Waals surface area contributed by atoms with Crippen LogP contribution in [-0.2, 0) is 13.0 Å². The zero-order chi connectivity index (χ0) is 13.2. The molecule has 0 aromatic carbocycles. The van der Waals surface area contributed by atoms with Gasteiger partial charge in [-0.15, -0.1) is 0 Å². The normalized spacial score (nSPS) is 15.9. The molecule has 0 amide bonds. The van der Waals surface area contributed by atoms with Crippen LogP contribution in [-0.4, -0.2) is 26.9 Å². The molecule has 1 rings (SSSR count). The second-order valence-electron chi connectivity index (χ2n) is 3.93. The van der Waals surface area contributed by atoms with E-state index < -0.39 is 18.8 Å². The van der Waals surface area contributed by atoms with Gasteiger partial charge in [0, 0.05) is 18.7 Å². The fraction of sp³-hybridized carbons (Fsp3) is 0.700. The molecule has 0 fully saturated rings. The lowest BCUT2D eigenvalue weighted by Crippen LogP contribution is -2.33. The van der Waals surface area contributed by atoms with Gasteiger partial charge in [0.25, 0.3) is 0 Å². The largest absolute Gasteiger partial charge is 0.416 e. The number of rotatable bonds is 4. The molecule has 0 aliphatic rings. The molecule has 0 saturated heterocycles. The molecule has 0 aliphatic heterocycles. The van der Waals surface area contributed by atoms with Crippen molar-refractivity contribution in [2.75, 3.05) is 0 Å². The summed E-state index contributed by atoms with van der Waals surface area (Å²) in [6.45, 7) is 2.93. The summed E-state index contributed by atoms with van der Waals surface area (Å²) in [5.74, 6) is 0.487. The minimum Gasteiger partial charge on any atom is -0.382 e. The van der Waals surface area contributed by atoms with Crippen molar-refractivity contribution in [3.63, 3.8) is 0 Å². The Morgan fingerprint density at radius 1 is 1.53 bits per heavy atom. The Kier molecular flexibility index (Phi) is 4.16. The molecule has 0 aliphatic carbocycles. The van der Waals surface area contributed by atoms with Crippen molar-refractivity contribution < 1.29 is 18.3 Å². The van der Waals surface area contributed by atoms with E-state index in [0.717, 1.165) is 0 Å². The molecule has 3 N–H and O–H groups in total. The molecule has 1 aromatic rings. The molecular formula is C10H16F3N3O. The lowest BCUT2D eigenvalue weighted by molar-refractivity contribution is -0.207. The number of hydrogen-bond donors (Lipinski definition) is 2. The number of imidazole rings is 1. The van der Waals surface area contributed by atoms with Gasteiger partial charge in [-0.25, -0.2) is 4.98 Å². The third-order valence-corrected chi connectivity index (χ3v) is 2.41. The van der Waals surface area contributed by atoms with Crippen LogP contribution >= 0.6 is 0 Å². The Labute approximate surface area is 97.3 Å². The molecule has 17 heavy (non-hydrogen) atoms. The summed E-state index contributed by atoms with van der Waals surface area (Å²) >= 11 is 0. The number of aliphatic hydroxyl groups excluding tert-OH is 1. The van der Waals surface area contributed by atoms with Gasteiger partial charge < -0.3 is 15.4 Å². The highest BCUT2D eigenvalue weighted by molar-refractivity contribution is 5.08. The van der Waals surface area contributed by atoms with Crippen LogP contribution in [0.4, 0.5) is 13.2 Å². The van der Waals surface area contributed by atoms with Gasteiger partial charge in [-0.1, -0.05) is 6.92 Å². The van der Waals surface area contributed by atoms with Gasteiger partial charge >= 0.3 is 6.18 Å². The Morgan fingerprint density at radius 2 is 2.12 bits per heavy atom. The highest BCUT2D eigenvalue weighted by Gasteiger charge is 2.38. The zero-order valence-electron chi connectivity index (χ0n) is 9.70. The highest BCUT2D eigenvalue weighted by Crippen LogP contribution is 2.22. The molecule has 0 radical (unpaired) electrons. The van der Waals surface area contributed by atoms with Crippen molar-refractivity contribution in [3.8, 4) is 0 Å². The standard InChI is InChI=1S/C10H16F3N3O/c1-3-9-15-7(6(2)14)4-16(9)5-8(17)10(11,12)13/h4,6,8,17H,3,5,14H2,1-2H3/t6-,8?/m0/s1. The molecule has 4 nitrogen and oxygen atoms in total. The van der Waals surface area contributed by atoms with E-state index in [4.69, 9.17) is 10.8 Å². The summed E-state index contributed by atoms with van der Waals surface area (Å²) in [7, 11) is 0. The van der Waals surface area contributed by atoms with E-state index in [0.29, 0.717) is 17.9 Å². The van der Waals surface area contributed by atoms with Gasteiger partial charge in [-0.3, -0.25) is 0 Å². The predicted molar refractivity (Wildman–Crippen MR) is 56.3 cm³/mol. The van der Waals surface area contributed by atoms with Gasteiger partial charge in [-0.2, -0.15) is 13.2 Å². The SMILES string of the molecule is CCc1nc([C@H](C)N)cn1CC(O)C(F)(F)F. The smallest absolute Gasteiger partial charge is 0.382 e. The quantitative estimate of drug-likeness (QED) is 0.850. The summed E-state index contributed by atoms with van der Waals surface area (Å²) in [6, 6.07) is -0.343. The number of halogens is 3. The van der Waals surface area contributed by atoms with Crippen molar-refractivity contribution in [2.24, 2.45) is 5.73 Å². The van der Waals surface area contributed by atoms with Crippen molar-refractivity contribution in [2.45, 2.75) is 45.1 Å². The predicted octanol–water partition coefficient (Wildman–Crippen LogP) is 1.39. The molecule has 0 bridgehead atoms. The van der Waals surface area contributed by atoms with E-state index in [1.807, 2.05) is 0 Å². The van der Waals surface area contributed by atoms with E-state index in [-0.39, 0.29) is 6.04 Å². The third kappa shape index (κ3) is 3.44. The van der Waals surface area contributed by atoms with Crippen LogP contribution in [0.3, 0.4) is 0 Å². The Hall–Kier alpha value is -1.08. The fourth-order valence-corrected chi connectivity index (χ4v) is 1.43. The summed E-state index contributed by atoms with van der Waals surface area (Å²) in [6.07, 6.45) is -5.07. The Morgan fingerprint density at radius 3 is 2.53 bits per heavy atom. The maximum Gasteiger partial charge on any atom is 0.416 e. The zero-order valence-corrected chi connectivity index (χ0v) is 9.70. The number of aromatic nitrogens is 2. The Balaban J connectivity index is 2.90. The van der Waals surface area contributed by atoms with Crippen LogP contribution in [0, 0.1) is 0 Å².